The van der Waals surface area contributed by atoms with Crippen molar-refractivity contribution < 1.29 is 5.11 Å². The molecule has 2 rings (SSSR count). The number of nitrogens with one attached hydrogen (secondary N) is 2. The number of aliphatic hydroxyl groups is 1. The number of aliphatic hydroxyl groups excluding tert-OH is 1. The van der Waals surface area contributed by atoms with Crippen molar-refractivity contribution in [2.45, 2.75) is 59.6 Å². The molecule has 0 amide bonds. The average molecular weight is 389 g/mol. The van der Waals surface area contributed by atoms with Crippen LogP contribution in [0.3, 0.4) is 0 Å². The van der Waals surface area contributed by atoms with Gasteiger partial charge in [-0.05, 0) is 37.3 Å². The molecule has 3 N–H and O–H groups in total. The predicted molar refractivity (Wildman–Crippen MR) is 115 cm³/mol. The Morgan fingerprint density at radius 1 is 1.19 bits per heavy atom. The van der Waals surface area contributed by atoms with Crippen LogP contribution < -0.4 is 10.6 Å². The Bertz CT molecular complexity index is 740. The third kappa shape index (κ3) is 6.33. The summed E-state index contributed by atoms with van der Waals surface area (Å²) in [7, 11) is 0. The number of hydrogen-bond donors (Lipinski definition) is 3. The highest BCUT2D eigenvalue weighted by Gasteiger charge is 2.15. The first-order chi connectivity index (χ1) is 12.7. The second kappa shape index (κ2) is 9.33. The van der Waals surface area contributed by atoms with Gasteiger partial charge in [-0.1, -0.05) is 45.0 Å². The number of aromatic nitrogens is 1. The van der Waals surface area contributed by atoms with Crippen molar-refractivity contribution in [3.63, 3.8) is 0 Å². The Balaban J connectivity index is 1.96. The molecular weight excluding hydrogens is 356 g/mol. The zero-order chi connectivity index (χ0) is 20.0. The fourth-order valence-electron chi connectivity index (χ4n) is 2.61. The first-order valence-corrected chi connectivity index (χ1v) is 10.3. The van der Waals surface area contributed by atoms with Gasteiger partial charge in [-0.2, -0.15) is 0 Å². The molecule has 5 nitrogen and oxygen atoms in total. The van der Waals surface area contributed by atoms with E-state index >= 15 is 0 Å². The van der Waals surface area contributed by atoms with Crippen LogP contribution >= 0.6 is 11.3 Å². The maximum Gasteiger partial charge on any atom is 0.191 e. The molecule has 0 saturated heterocycles. The van der Waals surface area contributed by atoms with E-state index in [2.05, 4.69) is 60.4 Å². The van der Waals surface area contributed by atoms with E-state index in [9.17, 15) is 5.11 Å². The van der Waals surface area contributed by atoms with E-state index < -0.39 is 6.10 Å². The minimum atomic E-state index is -0.591. The second-order valence-electron chi connectivity index (χ2n) is 7.71. The van der Waals surface area contributed by atoms with Crippen molar-refractivity contribution in [3.8, 4) is 0 Å². The SMILES string of the molecule is CCNC(=NCc1nc(C)c(C)s1)NCC(O)c1ccc(C(C)(C)C)cc1. The van der Waals surface area contributed by atoms with E-state index in [1.165, 1.54) is 10.4 Å². The van der Waals surface area contributed by atoms with Gasteiger partial charge in [-0.3, -0.25) is 0 Å². The summed E-state index contributed by atoms with van der Waals surface area (Å²) < 4.78 is 0. The summed E-state index contributed by atoms with van der Waals surface area (Å²) in [6.07, 6.45) is -0.591. The van der Waals surface area contributed by atoms with Gasteiger partial charge >= 0.3 is 0 Å². The summed E-state index contributed by atoms with van der Waals surface area (Å²) in [4.78, 5) is 10.3. The highest BCUT2D eigenvalue weighted by Crippen LogP contribution is 2.23. The van der Waals surface area contributed by atoms with Gasteiger partial charge in [0, 0.05) is 18.0 Å². The van der Waals surface area contributed by atoms with E-state index in [-0.39, 0.29) is 5.41 Å². The highest BCUT2D eigenvalue weighted by molar-refractivity contribution is 7.11. The third-order valence-electron chi connectivity index (χ3n) is 4.41. The van der Waals surface area contributed by atoms with Crippen molar-refractivity contribution in [1.29, 1.82) is 0 Å². The number of thiazole rings is 1. The molecule has 0 radical (unpaired) electrons. The lowest BCUT2D eigenvalue weighted by Gasteiger charge is -2.20. The molecule has 0 spiro atoms. The smallest absolute Gasteiger partial charge is 0.191 e. The maximum absolute atomic E-state index is 10.5. The van der Waals surface area contributed by atoms with Crippen LogP contribution in [-0.2, 0) is 12.0 Å². The Morgan fingerprint density at radius 3 is 2.37 bits per heavy atom. The fourth-order valence-corrected chi connectivity index (χ4v) is 3.47. The van der Waals surface area contributed by atoms with Gasteiger partial charge in [-0.15, -0.1) is 11.3 Å². The molecule has 1 atom stereocenters. The van der Waals surface area contributed by atoms with E-state index in [0.29, 0.717) is 19.0 Å². The molecule has 0 bridgehead atoms. The van der Waals surface area contributed by atoms with Crippen molar-refractivity contribution in [1.82, 2.24) is 15.6 Å². The third-order valence-corrected chi connectivity index (χ3v) is 5.47. The van der Waals surface area contributed by atoms with Gasteiger partial charge in [0.2, 0.25) is 0 Å². The molecule has 1 aromatic carbocycles. The normalized spacial score (nSPS) is 13.5. The molecule has 0 fully saturated rings. The quantitative estimate of drug-likeness (QED) is 0.519. The Labute approximate surface area is 167 Å². The lowest BCUT2D eigenvalue weighted by atomic mass is 9.86. The Kier molecular flexibility index (Phi) is 7.39. The van der Waals surface area contributed by atoms with Crippen LogP contribution in [0.15, 0.2) is 29.3 Å². The van der Waals surface area contributed by atoms with Crippen molar-refractivity contribution in [2.24, 2.45) is 4.99 Å². The molecule has 0 aliphatic carbocycles. The Hall–Kier alpha value is -1.92. The van der Waals surface area contributed by atoms with Crippen LogP contribution in [0.5, 0.6) is 0 Å². The largest absolute Gasteiger partial charge is 0.387 e. The molecule has 0 aliphatic heterocycles. The van der Waals surface area contributed by atoms with Crippen LogP contribution in [0.1, 0.15) is 60.5 Å². The number of rotatable bonds is 6. The van der Waals surface area contributed by atoms with Crippen LogP contribution in [0, 0.1) is 13.8 Å². The van der Waals surface area contributed by atoms with Crippen LogP contribution in [0.4, 0.5) is 0 Å². The molecule has 1 aromatic heterocycles. The molecule has 1 heterocycles. The fraction of sp³-hybridized carbons (Fsp3) is 0.524. The molecule has 2 aromatic rings. The summed E-state index contributed by atoms with van der Waals surface area (Å²) in [5.41, 5.74) is 3.34. The molecule has 0 aliphatic rings. The van der Waals surface area contributed by atoms with Crippen LogP contribution in [-0.4, -0.2) is 29.1 Å². The first-order valence-electron chi connectivity index (χ1n) is 9.44. The lowest BCUT2D eigenvalue weighted by molar-refractivity contribution is 0.181. The van der Waals surface area contributed by atoms with Crippen molar-refractivity contribution in [3.05, 3.63) is 51.0 Å². The molecule has 0 saturated carbocycles. The molecule has 1 unspecified atom stereocenters. The number of guanidine groups is 1. The molecular formula is C21H32N4OS. The minimum Gasteiger partial charge on any atom is -0.387 e. The Morgan fingerprint density at radius 2 is 1.85 bits per heavy atom. The topological polar surface area (TPSA) is 69.5 Å². The van der Waals surface area contributed by atoms with Gasteiger partial charge in [0.25, 0.3) is 0 Å². The maximum atomic E-state index is 10.5. The van der Waals surface area contributed by atoms with Gasteiger partial charge in [0.05, 0.1) is 18.3 Å². The summed E-state index contributed by atoms with van der Waals surface area (Å²) in [6, 6.07) is 8.17. The van der Waals surface area contributed by atoms with Gasteiger partial charge < -0.3 is 15.7 Å². The summed E-state index contributed by atoms with van der Waals surface area (Å²) in [5, 5.41) is 17.9. The first kappa shape index (κ1) is 21.4. The molecule has 6 heteroatoms. The minimum absolute atomic E-state index is 0.110. The summed E-state index contributed by atoms with van der Waals surface area (Å²) >= 11 is 1.68. The van der Waals surface area contributed by atoms with Crippen LogP contribution in [0.2, 0.25) is 0 Å². The van der Waals surface area contributed by atoms with Crippen molar-refractivity contribution >= 4 is 17.3 Å². The van der Waals surface area contributed by atoms with Crippen LogP contribution in [0.25, 0.3) is 0 Å². The molecule has 148 valence electrons. The lowest BCUT2D eigenvalue weighted by Crippen LogP contribution is -2.39. The number of aliphatic imine (C=N–C) groups is 1. The predicted octanol–water partition coefficient (Wildman–Crippen LogP) is 3.85. The number of hydrogen-bond acceptors (Lipinski definition) is 4. The second-order valence-corrected chi connectivity index (χ2v) is 9.00. The standard InChI is InChI=1S/C21H32N4OS/c1-7-22-20(24-13-19-25-14(2)15(3)27-19)23-12-18(26)16-8-10-17(11-9-16)21(4,5)6/h8-11,18,26H,7,12-13H2,1-6H3,(H2,22,23,24). The number of nitrogens with zero attached hydrogens (tertiary/aromatic N) is 2. The summed E-state index contributed by atoms with van der Waals surface area (Å²) in [5.74, 6) is 0.688. The van der Waals surface area contributed by atoms with E-state index in [4.69, 9.17) is 0 Å². The van der Waals surface area contributed by atoms with Gasteiger partial charge in [0.15, 0.2) is 5.96 Å². The summed E-state index contributed by atoms with van der Waals surface area (Å²) in [6.45, 7) is 14.4. The monoisotopic (exact) mass is 388 g/mol. The molecule has 27 heavy (non-hydrogen) atoms. The highest BCUT2D eigenvalue weighted by atomic mass is 32.1. The number of aryl methyl sites for hydroxylation is 2. The zero-order valence-corrected chi connectivity index (χ0v) is 18.1. The van der Waals surface area contributed by atoms with Crippen molar-refractivity contribution in [2.75, 3.05) is 13.1 Å². The zero-order valence-electron chi connectivity index (χ0n) is 17.3. The number of benzene rings is 1. The van der Waals surface area contributed by atoms with E-state index in [1.54, 1.807) is 11.3 Å². The van der Waals surface area contributed by atoms with E-state index in [1.807, 2.05) is 26.0 Å². The van der Waals surface area contributed by atoms with Gasteiger partial charge in [-0.25, -0.2) is 9.98 Å². The van der Waals surface area contributed by atoms with E-state index in [0.717, 1.165) is 22.8 Å². The average Bonchev–Trinajstić information content (AvgIpc) is 2.94. The van der Waals surface area contributed by atoms with Gasteiger partial charge in [0.1, 0.15) is 5.01 Å².